The van der Waals surface area contributed by atoms with Crippen LogP contribution in [0.5, 0.6) is 0 Å². The van der Waals surface area contributed by atoms with Crippen LogP contribution in [0, 0.1) is 0 Å². The average Bonchev–Trinajstić information content (AvgIpc) is 2.69. The Morgan fingerprint density at radius 3 is 2.21 bits per heavy atom. The number of carbonyl (C=O) groups excluding carboxylic acids is 1. The van der Waals surface area contributed by atoms with E-state index >= 15 is 0 Å². The molecule has 1 saturated heterocycles. The first kappa shape index (κ1) is 22.8. The fourth-order valence-electron chi connectivity index (χ4n) is 2.99. The standard InChI is InChI=1S/C17H27N3O6S2/c1-4-19(5-2)27(22,23)14-7-9-15(10-8-14)28(24,25)20-12-11-18-16(13-20)17(21)26-6-3/h7-10,16,18H,4-6,11-13H2,1-3H3. The molecule has 1 unspecified atom stereocenters. The van der Waals surface area contributed by atoms with Gasteiger partial charge in [0.05, 0.1) is 16.4 Å². The topological polar surface area (TPSA) is 113 Å². The van der Waals surface area contributed by atoms with Gasteiger partial charge in [-0.15, -0.1) is 0 Å². The third-order valence-electron chi connectivity index (χ3n) is 4.51. The molecule has 0 radical (unpaired) electrons. The van der Waals surface area contributed by atoms with Crippen LogP contribution in [0.3, 0.4) is 0 Å². The van der Waals surface area contributed by atoms with Gasteiger partial charge < -0.3 is 10.1 Å². The largest absolute Gasteiger partial charge is 0.465 e. The molecular formula is C17H27N3O6S2. The van der Waals surface area contributed by atoms with Crippen molar-refractivity contribution < 1.29 is 26.4 Å². The number of ether oxygens (including phenoxy) is 1. The second-order valence-corrected chi connectivity index (χ2v) is 10.1. The highest BCUT2D eigenvalue weighted by Crippen LogP contribution is 2.22. The summed E-state index contributed by atoms with van der Waals surface area (Å²) in [4.78, 5) is 11.9. The smallest absolute Gasteiger partial charge is 0.324 e. The molecule has 0 saturated carbocycles. The minimum absolute atomic E-state index is 0.0181. The van der Waals surface area contributed by atoms with Gasteiger partial charge in [0.2, 0.25) is 20.0 Å². The first-order valence-corrected chi connectivity index (χ1v) is 12.1. The van der Waals surface area contributed by atoms with Crippen molar-refractivity contribution in [3.8, 4) is 0 Å². The quantitative estimate of drug-likeness (QED) is 0.585. The van der Waals surface area contributed by atoms with Gasteiger partial charge in [-0.2, -0.15) is 8.61 Å². The van der Waals surface area contributed by atoms with Crippen LogP contribution in [0.15, 0.2) is 34.1 Å². The molecule has 0 aliphatic carbocycles. The van der Waals surface area contributed by atoms with E-state index in [0.29, 0.717) is 19.6 Å². The minimum Gasteiger partial charge on any atom is -0.465 e. The number of esters is 1. The maximum atomic E-state index is 12.9. The maximum Gasteiger partial charge on any atom is 0.324 e. The third kappa shape index (κ3) is 4.71. The normalized spacial score (nSPS) is 18.9. The van der Waals surface area contributed by atoms with Gasteiger partial charge in [-0.3, -0.25) is 4.79 Å². The molecule has 1 aliphatic heterocycles. The number of sulfonamides is 2. The van der Waals surface area contributed by atoms with Gasteiger partial charge in [0, 0.05) is 32.7 Å². The zero-order chi connectivity index (χ0) is 20.9. The van der Waals surface area contributed by atoms with Gasteiger partial charge in [0.25, 0.3) is 0 Å². The minimum atomic E-state index is -3.86. The molecule has 158 valence electrons. The van der Waals surface area contributed by atoms with Crippen molar-refractivity contribution >= 4 is 26.0 Å². The van der Waals surface area contributed by atoms with Crippen molar-refractivity contribution in [2.45, 2.75) is 36.6 Å². The number of benzene rings is 1. The van der Waals surface area contributed by atoms with Crippen LogP contribution in [-0.4, -0.2) is 76.8 Å². The van der Waals surface area contributed by atoms with Crippen molar-refractivity contribution in [3.63, 3.8) is 0 Å². The maximum absolute atomic E-state index is 12.9. The van der Waals surface area contributed by atoms with Crippen LogP contribution in [-0.2, 0) is 29.6 Å². The van der Waals surface area contributed by atoms with Crippen molar-refractivity contribution in [1.29, 1.82) is 0 Å². The second kappa shape index (κ2) is 9.31. The molecule has 0 amide bonds. The number of hydrogen-bond acceptors (Lipinski definition) is 7. The molecule has 0 aromatic heterocycles. The van der Waals surface area contributed by atoms with Gasteiger partial charge >= 0.3 is 5.97 Å². The van der Waals surface area contributed by atoms with Crippen LogP contribution in [0.1, 0.15) is 20.8 Å². The van der Waals surface area contributed by atoms with Gasteiger partial charge in [0.1, 0.15) is 6.04 Å². The summed E-state index contributed by atoms with van der Waals surface area (Å²) in [5.74, 6) is -0.497. The monoisotopic (exact) mass is 433 g/mol. The summed E-state index contributed by atoms with van der Waals surface area (Å²) in [7, 11) is -7.52. The number of piperazine rings is 1. The first-order valence-electron chi connectivity index (χ1n) is 9.18. The Balaban J connectivity index is 2.23. The Morgan fingerprint density at radius 1 is 1.11 bits per heavy atom. The highest BCUT2D eigenvalue weighted by molar-refractivity contribution is 7.89. The van der Waals surface area contributed by atoms with Crippen LogP contribution in [0.4, 0.5) is 0 Å². The Labute approximate surface area is 166 Å². The van der Waals surface area contributed by atoms with E-state index in [4.69, 9.17) is 4.74 Å². The lowest BCUT2D eigenvalue weighted by Crippen LogP contribution is -2.56. The van der Waals surface area contributed by atoms with Crippen LogP contribution >= 0.6 is 0 Å². The second-order valence-electron chi connectivity index (χ2n) is 6.18. The average molecular weight is 434 g/mol. The first-order chi connectivity index (χ1) is 13.2. The van der Waals surface area contributed by atoms with Crippen LogP contribution < -0.4 is 5.32 Å². The summed E-state index contributed by atoms with van der Waals surface area (Å²) < 4.78 is 58.4. The van der Waals surface area contributed by atoms with E-state index in [-0.39, 0.29) is 29.5 Å². The van der Waals surface area contributed by atoms with Crippen molar-refractivity contribution in [2.24, 2.45) is 0 Å². The summed E-state index contributed by atoms with van der Waals surface area (Å²) in [5, 5.41) is 2.95. The van der Waals surface area contributed by atoms with Crippen molar-refractivity contribution in [3.05, 3.63) is 24.3 Å². The van der Waals surface area contributed by atoms with E-state index in [1.54, 1.807) is 20.8 Å². The van der Waals surface area contributed by atoms with E-state index in [1.165, 1.54) is 32.9 Å². The highest BCUT2D eigenvalue weighted by atomic mass is 32.2. The summed E-state index contributed by atoms with van der Waals surface area (Å²) in [6.45, 7) is 6.52. The number of carbonyl (C=O) groups is 1. The number of nitrogens with one attached hydrogen (secondary N) is 1. The molecule has 1 aliphatic rings. The summed E-state index contributed by atoms with van der Waals surface area (Å²) in [6.07, 6.45) is 0. The number of rotatable bonds is 8. The van der Waals surface area contributed by atoms with E-state index in [0.717, 1.165) is 0 Å². The zero-order valence-corrected chi connectivity index (χ0v) is 17.9. The van der Waals surface area contributed by atoms with E-state index in [9.17, 15) is 21.6 Å². The molecule has 11 heteroatoms. The lowest BCUT2D eigenvalue weighted by Gasteiger charge is -2.31. The highest BCUT2D eigenvalue weighted by Gasteiger charge is 2.34. The SMILES string of the molecule is CCOC(=O)C1CN(S(=O)(=O)c2ccc(S(=O)(=O)N(CC)CC)cc2)CCN1. The molecule has 1 heterocycles. The van der Waals surface area contributed by atoms with Gasteiger partial charge in [0.15, 0.2) is 0 Å². The molecule has 1 fully saturated rings. The van der Waals surface area contributed by atoms with E-state index in [2.05, 4.69) is 5.32 Å². The van der Waals surface area contributed by atoms with Gasteiger partial charge in [-0.05, 0) is 31.2 Å². The Morgan fingerprint density at radius 2 is 1.68 bits per heavy atom. The van der Waals surface area contributed by atoms with Gasteiger partial charge in [-0.25, -0.2) is 16.8 Å². The third-order valence-corrected chi connectivity index (χ3v) is 8.46. The predicted molar refractivity (Wildman–Crippen MR) is 104 cm³/mol. The molecule has 0 spiro atoms. The van der Waals surface area contributed by atoms with E-state index in [1.807, 2.05) is 0 Å². The molecule has 1 aromatic rings. The Kier molecular flexibility index (Phi) is 7.57. The fraction of sp³-hybridized carbons (Fsp3) is 0.588. The van der Waals surface area contributed by atoms with Crippen LogP contribution in [0.2, 0.25) is 0 Å². The van der Waals surface area contributed by atoms with Crippen molar-refractivity contribution in [1.82, 2.24) is 13.9 Å². The van der Waals surface area contributed by atoms with Crippen LogP contribution in [0.25, 0.3) is 0 Å². The summed E-state index contributed by atoms with van der Waals surface area (Å²) in [5.41, 5.74) is 0. The predicted octanol–water partition coefficient (Wildman–Crippen LogP) is 0.243. The Bertz CT molecular complexity index is 880. The summed E-state index contributed by atoms with van der Waals surface area (Å²) >= 11 is 0. The zero-order valence-electron chi connectivity index (χ0n) is 16.3. The summed E-state index contributed by atoms with van der Waals surface area (Å²) in [6, 6.07) is 4.43. The molecular weight excluding hydrogens is 406 g/mol. The molecule has 2 rings (SSSR count). The Hall–Kier alpha value is -1.53. The fourth-order valence-corrected chi connectivity index (χ4v) is 5.90. The lowest BCUT2D eigenvalue weighted by molar-refractivity contribution is -0.146. The number of hydrogen-bond donors (Lipinski definition) is 1. The lowest BCUT2D eigenvalue weighted by atomic mass is 10.2. The van der Waals surface area contributed by atoms with Gasteiger partial charge in [-0.1, -0.05) is 13.8 Å². The molecule has 28 heavy (non-hydrogen) atoms. The molecule has 0 bridgehead atoms. The molecule has 1 N–H and O–H groups in total. The molecule has 9 nitrogen and oxygen atoms in total. The number of nitrogens with zero attached hydrogens (tertiary/aromatic N) is 2. The molecule has 1 aromatic carbocycles. The van der Waals surface area contributed by atoms with Crippen molar-refractivity contribution in [2.75, 3.05) is 39.3 Å². The van der Waals surface area contributed by atoms with E-state index < -0.39 is 32.1 Å². The molecule has 1 atom stereocenters.